The second-order valence-electron chi connectivity index (χ2n) is 4.41. The first kappa shape index (κ1) is 14.8. The van der Waals surface area contributed by atoms with Crippen LogP contribution in [0.5, 0.6) is 0 Å². The molecule has 0 aliphatic rings. The molecule has 20 heavy (non-hydrogen) atoms. The van der Waals surface area contributed by atoms with E-state index in [0.29, 0.717) is 15.6 Å². The summed E-state index contributed by atoms with van der Waals surface area (Å²) in [5, 5.41) is 3.34. The molecule has 5 heteroatoms. The van der Waals surface area contributed by atoms with Crippen LogP contribution in [0.3, 0.4) is 0 Å². The van der Waals surface area contributed by atoms with Crippen LogP contribution in [0.1, 0.15) is 11.1 Å². The van der Waals surface area contributed by atoms with Gasteiger partial charge in [0.05, 0.1) is 12.1 Å². The van der Waals surface area contributed by atoms with Gasteiger partial charge in [-0.3, -0.25) is 4.79 Å². The standard InChI is InChI=1S/C15H12Cl2FNO/c1-9-5-6-14(13(18)7-9)19-15(20)8-10-11(16)3-2-4-12(10)17/h2-7H,8H2,1H3,(H,19,20). The Balaban J connectivity index is 2.13. The predicted octanol–water partition coefficient (Wildman–Crippen LogP) is 4.62. The van der Waals surface area contributed by atoms with Crippen LogP contribution in [0.25, 0.3) is 0 Å². The number of rotatable bonds is 3. The van der Waals surface area contributed by atoms with Gasteiger partial charge in [0.2, 0.25) is 5.91 Å². The molecule has 1 N–H and O–H groups in total. The molecule has 2 aromatic rings. The first-order chi connectivity index (χ1) is 9.47. The van der Waals surface area contributed by atoms with Crippen LogP contribution in [0, 0.1) is 12.7 Å². The number of benzene rings is 2. The van der Waals surface area contributed by atoms with E-state index in [2.05, 4.69) is 5.32 Å². The van der Waals surface area contributed by atoms with Gasteiger partial charge >= 0.3 is 0 Å². The van der Waals surface area contributed by atoms with E-state index >= 15 is 0 Å². The summed E-state index contributed by atoms with van der Waals surface area (Å²) in [6.07, 6.45) is -0.00811. The van der Waals surface area contributed by atoms with E-state index in [9.17, 15) is 9.18 Å². The minimum Gasteiger partial charge on any atom is -0.323 e. The molecule has 2 rings (SSSR count). The fraction of sp³-hybridized carbons (Fsp3) is 0.133. The summed E-state index contributed by atoms with van der Waals surface area (Å²) in [7, 11) is 0. The van der Waals surface area contributed by atoms with E-state index in [1.54, 1.807) is 31.2 Å². The summed E-state index contributed by atoms with van der Waals surface area (Å²) in [5.41, 5.74) is 1.46. The van der Waals surface area contributed by atoms with E-state index < -0.39 is 5.82 Å². The molecule has 0 saturated heterocycles. The number of halogens is 3. The molecule has 0 saturated carbocycles. The van der Waals surface area contributed by atoms with Crippen molar-refractivity contribution in [3.63, 3.8) is 0 Å². The molecule has 2 aromatic carbocycles. The molecule has 0 heterocycles. The molecule has 0 unspecified atom stereocenters. The molecule has 0 bridgehead atoms. The third kappa shape index (κ3) is 3.50. The lowest BCUT2D eigenvalue weighted by molar-refractivity contribution is -0.115. The van der Waals surface area contributed by atoms with Crippen molar-refractivity contribution in [2.75, 3.05) is 5.32 Å². The molecule has 0 aromatic heterocycles. The largest absolute Gasteiger partial charge is 0.323 e. The zero-order valence-electron chi connectivity index (χ0n) is 10.7. The maximum Gasteiger partial charge on any atom is 0.228 e. The highest BCUT2D eigenvalue weighted by atomic mass is 35.5. The summed E-state index contributed by atoms with van der Waals surface area (Å²) in [6.45, 7) is 1.78. The van der Waals surface area contributed by atoms with Crippen molar-refractivity contribution >= 4 is 34.8 Å². The fourth-order valence-electron chi connectivity index (χ4n) is 1.78. The molecule has 1 amide bonds. The number of carbonyl (C=O) groups excluding carboxylic acids is 1. The number of carbonyl (C=O) groups is 1. The maximum absolute atomic E-state index is 13.6. The van der Waals surface area contributed by atoms with E-state index in [1.165, 1.54) is 12.1 Å². The predicted molar refractivity (Wildman–Crippen MR) is 79.9 cm³/mol. The number of hydrogen-bond donors (Lipinski definition) is 1. The van der Waals surface area contributed by atoms with E-state index in [-0.39, 0.29) is 18.0 Å². The van der Waals surface area contributed by atoms with Gasteiger partial charge in [0.15, 0.2) is 0 Å². The first-order valence-electron chi connectivity index (χ1n) is 5.96. The molecule has 0 spiro atoms. The quantitative estimate of drug-likeness (QED) is 0.880. The fourth-order valence-corrected chi connectivity index (χ4v) is 2.31. The van der Waals surface area contributed by atoms with Crippen LogP contribution in [0.15, 0.2) is 36.4 Å². The zero-order chi connectivity index (χ0) is 14.7. The molecule has 0 fully saturated rings. The first-order valence-corrected chi connectivity index (χ1v) is 6.72. The Morgan fingerprint density at radius 1 is 1.20 bits per heavy atom. The molecular weight excluding hydrogens is 300 g/mol. The van der Waals surface area contributed by atoms with Gasteiger partial charge in [-0.15, -0.1) is 0 Å². The van der Waals surface area contributed by atoms with Gasteiger partial charge in [0, 0.05) is 10.0 Å². The van der Waals surface area contributed by atoms with E-state index in [1.807, 2.05) is 0 Å². The third-order valence-electron chi connectivity index (χ3n) is 2.80. The van der Waals surface area contributed by atoms with Crippen molar-refractivity contribution in [3.8, 4) is 0 Å². The second kappa shape index (κ2) is 6.25. The Morgan fingerprint density at radius 2 is 1.85 bits per heavy atom. The minimum absolute atomic E-state index is 0.00811. The molecule has 0 aliphatic heterocycles. The lowest BCUT2D eigenvalue weighted by Crippen LogP contribution is -2.16. The SMILES string of the molecule is Cc1ccc(NC(=O)Cc2c(Cl)cccc2Cl)c(F)c1. The Labute approximate surface area is 126 Å². The number of nitrogens with one attached hydrogen (secondary N) is 1. The molecule has 0 atom stereocenters. The van der Waals surface area contributed by atoms with Crippen molar-refractivity contribution in [2.24, 2.45) is 0 Å². The van der Waals surface area contributed by atoms with Crippen LogP contribution >= 0.6 is 23.2 Å². The Bertz CT molecular complexity index is 638. The minimum atomic E-state index is -0.469. The van der Waals surface area contributed by atoms with Crippen molar-refractivity contribution in [1.82, 2.24) is 0 Å². The van der Waals surface area contributed by atoms with Gasteiger partial charge in [-0.25, -0.2) is 4.39 Å². The van der Waals surface area contributed by atoms with Crippen LogP contribution in [0.2, 0.25) is 10.0 Å². The van der Waals surface area contributed by atoms with Gasteiger partial charge in [-0.1, -0.05) is 35.3 Å². The smallest absolute Gasteiger partial charge is 0.228 e. The summed E-state index contributed by atoms with van der Waals surface area (Å²) >= 11 is 12.0. The number of amides is 1. The average Bonchev–Trinajstić information content (AvgIpc) is 2.37. The monoisotopic (exact) mass is 311 g/mol. The maximum atomic E-state index is 13.6. The highest BCUT2D eigenvalue weighted by Gasteiger charge is 2.12. The Morgan fingerprint density at radius 3 is 2.45 bits per heavy atom. The third-order valence-corrected chi connectivity index (χ3v) is 3.51. The second-order valence-corrected chi connectivity index (χ2v) is 5.22. The number of hydrogen-bond acceptors (Lipinski definition) is 1. The van der Waals surface area contributed by atoms with Crippen molar-refractivity contribution in [1.29, 1.82) is 0 Å². The van der Waals surface area contributed by atoms with Crippen LogP contribution in [-0.4, -0.2) is 5.91 Å². The Hall–Kier alpha value is -1.58. The van der Waals surface area contributed by atoms with Gasteiger partial charge in [0.1, 0.15) is 5.82 Å². The van der Waals surface area contributed by atoms with Crippen LogP contribution in [-0.2, 0) is 11.2 Å². The van der Waals surface area contributed by atoms with E-state index in [4.69, 9.17) is 23.2 Å². The van der Waals surface area contributed by atoms with Crippen LogP contribution < -0.4 is 5.32 Å². The summed E-state index contributed by atoms with van der Waals surface area (Å²) < 4.78 is 13.6. The summed E-state index contributed by atoms with van der Waals surface area (Å²) in [5.74, 6) is -0.841. The topological polar surface area (TPSA) is 29.1 Å². The molecular formula is C15H12Cl2FNO. The number of aryl methyl sites for hydroxylation is 1. The van der Waals surface area contributed by atoms with Gasteiger partial charge < -0.3 is 5.32 Å². The van der Waals surface area contributed by atoms with E-state index in [0.717, 1.165) is 5.56 Å². The molecule has 2 nitrogen and oxygen atoms in total. The van der Waals surface area contributed by atoms with Crippen molar-refractivity contribution in [3.05, 3.63) is 63.4 Å². The van der Waals surface area contributed by atoms with Gasteiger partial charge in [-0.05, 0) is 42.3 Å². The molecule has 0 radical (unpaired) electrons. The lowest BCUT2D eigenvalue weighted by Gasteiger charge is -2.09. The Kier molecular flexibility index (Phi) is 4.63. The van der Waals surface area contributed by atoms with Crippen LogP contribution in [0.4, 0.5) is 10.1 Å². The number of anilines is 1. The lowest BCUT2D eigenvalue weighted by atomic mass is 10.1. The van der Waals surface area contributed by atoms with Gasteiger partial charge in [-0.2, -0.15) is 0 Å². The molecule has 104 valence electrons. The highest BCUT2D eigenvalue weighted by molar-refractivity contribution is 6.36. The zero-order valence-corrected chi connectivity index (χ0v) is 12.2. The van der Waals surface area contributed by atoms with Crippen molar-refractivity contribution in [2.45, 2.75) is 13.3 Å². The van der Waals surface area contributed by atoms with Crippen molar-refractivity contribution < 1.29 is 9.18 Å². The summed E-state index contributed by atoms with van der Waals surface area (Å²) in [4.78, 5) is 11.9. The van der Waals surface area contributed by atoms with Gasteiger partial charge in [0.25, 0.3) is 0 Å². The summed E-state index contributed by atoms with van der Waals surface area (Å²) in [6, 6.07) is 9.62. The normalized spacial score (nSPS) is 10.4. The average molecular weight is 312 g/mol. The molecule has 0 aliphatic carbocycles. The highest BCUT2D eigenvalue weighted by Crippen LogP contribution is 2.25.